The number of hydrogen-bond donors (Lipinski definition) is 0. The molecular weight excluding hydrogens is 234 g/mol. The third kappa shape index (κ3) is 3.90. The number of aromatic nitrogens is 1. The zero-order chi connectivity index (χ0) is 13.5. The number of unbranched alkanes of at least 4 members (excludes halogenated alkanes) is 1. The van der Waals surface area contributed by atoms with Crippen molar-refractivity contribution in [1.82, 2.24) is 4.98 Å². The van der Waals surface area contributed by atoms with E-state index in [1.54, 1.807) is 0 Å². The van der Waals surface area contributed by atoms with Gasteiger partial charge in [0, 0.05) is 12.2 Å². The second kappa shape index (κ2) is 7.05. The van der Waals surface area contributed by atoms with Crippen LogP contribution in [0.2, 0.25) is 0 Å². The minimum atomic E-state index is 0.0511. The van der Waals surface area contributed by atoms with Crippen molar-refractivity contribution in [3.05, 3.63) is 54.2 Å². The number of nitrogens with zero attached hydrogens (tertiary/aromatic N) is 1. The molecule has 0 fully saturated rings. The molecule has 100 valence electrons. The van der Waals surface area contributed by atoms with Gasteiger partial charge in [-0.2, -0.15) is 0 Å². The molecule has 2 aromatic rings. The van der Waals surface area contributed by atoms with Crippen LogP contribution in [0.25, 0.3) is 11.3 Å². The summed E-state index contributed by atoms with van der Waals surface area (Å²) in [5.41, 5.74) is 3.15. The molecule has 2 heteroatoms. The topological polar surface area (TPSA) is 22.1 Å². The van der Waals surface area contributed by atoms with Crippen molar-refractivity contribution >= 4 is 0 Å². The maximum atomic E-state index is 5.80. The lowest BCUT2D eigenvalue weighted by atomic mass is 10.1. The number of pyridine rings is 1. The van der Waals surface area contributed by atoms with Crippen LogP contribution in [0, 0.1) is 0 Å². The zero-order valence-electron chi connectivity index (χ0n) is 11.7. The largest absolute Gasteiger partial charge is 0.372 e. The maximum absolute atomic E-state index is 5.80. The van der Waals surface area contributed by atoms with Crippen LogP contribution in [0.1, 0.15) is 38.5 Å². The molecule has 0 saturated heterocycles. The quantitative estimate of drug-likeness (QED) is 0.702. The molecule has 2 rings (SSSR count). The van der Waals surface area contributed by atoms with Gasteiger partial charge in [-0.25, -0.2) is 0 Å². The molecule has 0 radical (unpaired) electrons. The number of hydrogen-bond acceptors (Lipinski definition) is 2. The van der Waals surface area contributed by atoms with E-state index < -0.39 is 0 Å². The molecule has 0 saturated carbocycles. The highest BCUT2D eigenvalue weighted by molar-refractivity contribution is 5.58. The summed E-state index contributed by atoms with van der Waals surface area (Å²) in [5, 5.41) is 0. The number of ether oxygens (including phenoxy) is 1. The van der Waals surface area contributed by atoms with Crippen LogP contribution in [-0.4, -0.2) is 11.6 Å². The van der Waals surface area contributed by atoms with E-state index in [1.165, 1.54) is 0 Å². The van der Waals surface area contributed by atoms with Crippen LogP contribution < -0.4 is 0 Å². The highest BCUT2D eigenvalue weighted by atomic mass is 16.5. The lowest BCUT2D eigenvalue weighted by Gasteiger charge is -2.13. The van der Waals surface area contributed by atoms with Gasteiger partial charge in [-0.3, -0.25) is 4.98 Å². The van der Waals surface area contributed by atoms with Crippen LogP contribution in [0.15, 0.2) is 48.5 Å². The Morgan fingerprint density at radius 2 is 1.84 bits per heavy atom. The van der Waals surface area contributed by atoms with E-state index in [0.29, 0.717) is 0 Å². The number of benzene rings is 1. The van der Waals surface area contributed by atoms with Gasteiger partial charge >= 0.3 is 0 Å². The summed E-state index contributed by atoms with van der Waals surface area (Å²) in [6.07, 6.45) is 2.31. The van der Waals surface area contributed by atoms with Crippen LogP contribution in [0.3, 0.4) is 0 Å². The Bertz CT molecular complexity index is 496. The molecule has 0 amide bonds. The third-order valence-electron chi connectivity index (χ3n) is 3.12. The standard InChI is InChI=1S/C17H21NO/c1-3-4-13-19-14(2)16-11-8-12-17(18-16)15-9-6-5-7-10-15/h5-12,14H,3-4,13H2,1-2H3. The van der Waals surface area contributed by atoms with Crippen LogP contribution in [-0.2, 0) is 4.74 Å². The van der Waals surface area contributed by atoms with Gasteiger partial charge in [0.05, 0.1) is 17.5 Å². The van der Waals surface area contributed by atoms with Crippen molar-refractivity contribution in [2.24, 2.45) is 0 Å². The summed E-state index contributed by atoms with van der Waals surface area (Å²) in [6.45, 7) is 5.03. The Hall–Kier alpha value is -1.67. The molecule has 1 aromatic carbocycles. The normalized spacial score (nSPS) is 12.3. The van der Waals surface area contributed by atoms with E-state index in [4.69, 9.17) is 9.72 Å². The molecule has 1 aromatic heterocycles. The van der Waals surface area contributed by atoms with Crippen molar-refractivity contribution in [1.29, 1.82) is 0 Å². The smallest absolute Gasteiger partial charge is 0.0966 e. The molecule has 19 heavy (non-hydrogen) atoms. The van der Waals surface area contributed by atoms with E-state index in [-0.39, 0.29) is 6.10 Å². The summed E-state index contributed by atoms with van der Waals surface area (Å²) in [7, 11) is 0. The lowest BCUT2D eigenvalue weighted by molar-refractivity contribution is 0.0609. The first-order chi connectivity index (χ1) is 9.31. The van der Waals surface area contributed by atoms with E-state index in [9.17, 15) is 0 Å². The van der Waals surface area contributed by atoms with Gasteiger partial charge in [-0.15, -0.1) is 0 Å². The number of rotatable bonds is 6. The first kappa shape index (κ1) is 13.8. The first-order valence-corrected chi connectivity index (χ1v) is 6.95. The summed E-state index contributed by atoms with van der Waals surface area (Å²) in [5.74, 6) is 0. The van der Waals surface area contributed by atoms with E-state index in [2.05, 4.69) is 26.0 Å². The van der Waals surface area contributed by atoms with E-state index >= 15 is 0 Å². The molecule has 0 N–H and O–H groups in total. The fraction of sp³-hybridized carbons (Fsp3) is 0.353. The molecule has 0 bridgehead atoms. The molecule has 0 aliphatic rings. The summed E-state index contributed by atoms with van der Waals surface area (Å²) in [4.78, 5) is 4.70. The minimum absolute atomic E-state index is 0.0511. The molecule has 2 nitrogen and oxygen atoms in total. The molecule has 1 unspecified atom stereocenters. The van der Waals surface area contributed by atoms with E-state index in [0.717, 1.165) is 36.4 Å². The third-order valence-corrected chi connectivity index (χ3v) is 3.12. The van der Waals surface area contributed by atoms with Crippen molar-refractivity contribution < 1.29 is 4.74 Å². The van der Waals surface area contributed by atoms with Crippen molar-refractivity contribution in [3.63, 3.8) is 0 Å². The highest BCUT2D eigenvalue weighted by Crippen LogP contribution is 2.21. The molecule has 0 aliphatic heterocycles. The van der Waals surface area contributed by atoms with Crippen LogP contribution in [0.5, 0.6) is 0 Å². The highest BCUT2D eigenvalue weighted by Gasteiger charge is 2.08. The van der Waals surface area contributed by atoms with Gasteiger partial charge in [0.2, 0.25) is 0 Å². The monoisotopic (exact) mass is 255 g/mol. The molecule has 1 heterocycles. The Balaban J connectivity index is 2.11. The fourth-order valence-electron chi connectivity index (χ4n) is 1.94. The van der Waals surface area contributed by atoms with Gasteiger partial charge in [-0.05, 0) is 25.5 Å². The Kier molecular flexibility index (Phi) is 5.10. The average molecular weight is 255 g/mol. The maximum Gasteiger partial charge on any atom is 0.0966 e. The van der Waals surface area contributed by atoms with E-state index in [1.807, 2.05) is 36.4 Å². The second-order valence-electron chi connectivity index (χ2n) is 4.68. The molecular formula is C17H21NO. The molecule has 1 atom stereocenters. The van der Waals surface area contributed by atoms with Crippen molar-refractivity contribution in [2.45, 2.75) is 32.8 Å². The van der Waals surface area contributed by atoms with Crippen molar-refractivity contribution in [3.8, 4) is 11.3 Å². The summed E-state index contributed by atoms with van der Waals surface area (Å²) >= 11 is 0. The first-order valence-electron chi connectivity index (χ1n) is 6.95. The Labute approximate surface area is 115 Å². The Morgan fingerprint density at radius 3 is 2.58 bits per heavy atom. The summed E-state index contributed by atoms with van der Waals surface area (Å²) in [6, 6.07) is 16.4. The van der Waals surface area contributed by atoms with Crippen LogP contribution >= 0.6 is 0 Å². The van der Waals surface area contributed by atoms with Crippen LogP contribution in [0.4, 0.5) is 0 Å². The fourth-order valence-corrected chi connectivity index (χ4v) is 1.94. The molecule has 0 spiro atoms. The molecule has 0 aliphatic carbocycles. The lowest BCUT2D eigenvalue weighted by Crippen LogP contribution is -2.04. The van der Waals surface area contributed by atoms with Gasteiger partial charge in [0.15, 0.2) is 0 Å². The SMILES string of the molecule is CCCCOC(C)c1cccc(-c2ccccc2)n1. The van der Waals surface area contributed by atoms with Crippen molar-refractivity contribution in [2.75, 3.05) is 6.61 Å². The average Bonchev–Trinajstić information content (AvgIpc) is 2.48. The predicted octanol–water partition coefficient (Wildman–Crippen LogP) is 4.63. The van der Waals surface area contributed by atoms with Gasteiger partial charge in [0.1, 0.15) is 0 Å². The summed E-state index contributed by atoms with van der Waals surface area (Å²) < 4.78 is 5.80. The van der Waals surface area contributed by atoms with Gasteiger partial charge < -0.3 is 4.74 Å². The van der Waals surface area contributed by atoms with Gasteiger partial charge in [-0.1, -0.05) is 49.7 Å². The predicted molar refractivity (Wildman–Crippen MR) is 78.9 cm³/mol. The second-order valence-corrected chi connectivity index (χ2v) is 4.68. The minimum Gasteiger partial charge on any atom is -0.372 e. The van der Waals surface area contributed by atoms with Gasteiger partial charge in [0.25, 0.3) is 0 Å². The Morgan fingerprint density at radius 1 is 1.05 bits per heavy atom. The zero-order valence-corrected chi connectivity index (χ0v) is 11.7.